The molecule has 3 heterocycles. The van der Waals surface area contributed by atoms with Gasteiger partial charge in [-0.15, -0.1) is 0 Å². The summed E-state index contributed by atoms with van der Waals surface area (Å²) < 4.78 is 2.47. The number of fused-ring (bicyclic) bond motifs is 7. The zero-order valence-electron chi connectivity index (χ0n) is 27.8. The van der Waals surface area contributed by atoms with E-state index in [2.05, 4.69) is 180 Å². The van der Waals surface area contributed by atoms with E-state index in [4.69, 9.17) is 0 Å². The number of hydrogen-bond acceptors (Lipinski definition) is 3. The van der Waals surface area contributed by atoms with Gasteiger partial charge < -0.3 is 14.8 Å². The van der Waals surface area contributed by atoms with Crippen LogP contribution < -0.4 is 15.5 Å². The molecule has 0 fully saturated rings. The van der Waals surface area contributed by atoms with Gasteiger partial charge in [0.15, 0.2) is 6.29 Å². The van der Waals surface area contributed by atoms with Gasteiger partial charge in [-0.3, -0.25) is 5.32 Å². The van der Waals surface area contributed by atoms with Crippen molar-refractivity contribution in [2.45, 2.75) is 44.6 Å². The SMILES string of the molecule is CC1=CC(C2NC(n3c4ccc(-c5ccc6c(c5)C5C=CC=CC5N6c5ccccc5)cc4c4c(C)cccc43)Nc3ccccc32)=CC1. The highest BCUT2D eigenvalue weighted by Gasteiger charge is 2.37. The molecule has 2 aliphatic heterocycles. The number of anilines is 3. The minimum atomic E-state index is -0.116. The van der Waals surface area contributed by atoms with E-state index < -0.39 is 0 Å². The smallest absolute Gasteiger partial charge is 0.160 e. The summed E-state index contributed by atoms with van der Waals surface area (Å²) in [6, 6.07) is 40.8. The first-order valence-electron chi connectivity index (χ1n) is 17.5. The fourth-order valence-corrected chi connectivity index (χ4v) is 8.76. The van der Waals surface area contributed by atoms with E-state index in [0.29, 0.717) is 5.92 Å². The van der Waals surface area contributed by atoms with Crippen molar-refractivity contribution in [1.29, 1.82) is 0 Å². The van der Waals surface area contributed by atoms with Crippen LogP contribution in [-0.4, -0.2) is 10.6 Å². The van der Waals surface area contributed by atoms with Gasteiger partial charge in [0.25, 0.3) is 0 Å². The van der Waals surface area contributed by atoms with Crippen LogP contribution in [0.2, 0.25) is 0 Å². The topological polar surface area (TPSA) is 32.2 Å². The maximum atomic E-state index is 4.02. The van der Waals surface area contributed by atoms with E-state index in [1.165, 1.54) is 77.8 Å². The summed E-state index contributed by atoms with van der Waals surface area (Å²) in [7, 11) is 0. The van der Waals surface area contributed by atoms with Crippen LogP contribution in [0, 0.1) is 6.92 Å². The quantitative estimate of drug-likeness (QED) is 0.202. The largest absolute Gasteiger partial charge is 0.352 e. The molecule has 4 heteroatoms. The summed E-state index contributed by atoms with van der Waals surface area (Å²) in [6.45, 7) is 4.47. The van der Waals surface area contributed by atoms with Crippen LogP contribution in [0.3, 0.4) is 0 Å². The highest BCUT2D eigenvalue weighted by molar-refractivity contribution is 6.11. The van der Waals surface area contributed by atoms with E-state index in [-0.39, 0.29) is 18.4 Å². The lowest BCUT2D eigenvalue weighted by Crippen LogP contribution is -2.40. The van der Waals surface area contributed by atoms with Crippen LogP contribution >= 0.6 is 0 Å². The number of benzene rings is 5. The average Bonchev–Trinajstić information content (AvgIpc) is 3.83. The fourth-order valence-electron chi connectivity index (χ4n) is 8.76. The summed E-state index contributed by atoms with van der Waals surface area (Å²) in [5.74, 6) is 0.320. The second kappa shape index (κ2) is 11.0. The lowest BCUT2D eigenvalue weighted by Gasteiger charge is -2.36. The Bertz CT molecular complexity index is 2420. The van der Waals surface area contributed by atoms with E-state index in [9.17, 15) is 0 Å². The zero-order valence-corrected chi connectivity index (χ0v) is 27.8. The number of nitrogens with one attached hydrogen (secondary N) is 2. The van der Waals surface area contributed by atoms with Gasteiger partial charge in [-0.1, -0.05) is 103 Å². The molecule has 49 heavy (non-hydrogen) atoms. The normalized spacial score (nSPS) is 22.1. The van der Waals surface area contributed by atoms with Crippen molar-refractivity contribution in [1.82, 2.24) is 9.88 Å². The number of aromatic nitrogens is 1. The molecule has 6 aromatic rings. The highest BCUT2D eigenvalue weighted by atomic mass is 15.3. The molecule has 4 atom stereocenters. The third kappa shape index (κ3) is 4.41. The summed E-state index contributed by atoms with van der Waals surface area (Å²) in [5.41, 5.74) is 15.4. The monoisotopic (exact) mass is 634 g/mol. The molecule has 0 radical (unpaired) electrons. The van der Waals surface area contributed by atoms with Crippen molar-refractivity contribution < 1.29 is 0 Å². The Balaban J connectivity index is 1.10. The molecule has 2 aliphatic carbocycles. The first-order valence-corrected chi connectivity index (χ1v) is 17.5. The molecule has 2 N–H and O–H groups in total. The fraction of sp³-hybridized carbons (Fsp3) is 0.156. The predicted octanol–water partition coefficient (Wildman–Crippen LogP) is 11.0. The minimum Gasteiger partial charge on any atom is -0.352 e. The molecule has 4 nitrogen and oxygen atoms in total. The minimum absolute atomic E-state index is 0.116. The number of allylic oxidation sites excluding steroid dienone is 4. The molecule has 5 aromatic carbocycles. The van der Waals surface area contributed by atoms with Crippen molar-refractivity contribution in [2.75, 3.05) is 10.2 Å². The molecule has 0 spiro atoms. The Morgan fingerprint density at radius 3 is 2.41 bits per heavy atom. The van der Waals surface area contributed by atoms with Crippen LogP contribution in [0.25, 0.3) is 32.9 Å². The van der Waals surface area contributed by atoms with Gasteiger partial charge >= 0.3 is 0 Å². The van der Waals surface area contributed by atoms with Crippen molar-refractivity contribution in [3.05, 3.63) is 173 Å². The Morgan fingerprint density at radius 2 is 1.53 bits per heavy atom. The predicted molar refractivity (Wildman–Crippen MR) is 204 cm³/mol. The number of rotatable bonds is 4. The van der Waals surface area contributed by atoms with Crippen molar-refractivity contribution in [3.63, 3.8) is 0 Å². The summed E-state index contributed by atoms with van der Waals surface area (Å²) >= 11 is 0. The third-order valence-electron chi connectivity index (χ3n) is 11.0. The number of aryl methyl sites for hydroxylation is 1. The van der Waals surface area contributed by atoms with E-state index in [1.807, 2.05) is 0 Å². The van der Waals surface area contributed by atoms with Gasteiger partial charge in [0.2, 0.25) is 0 Å². The van der Waals surface area contributed by atoms with Gasteiger partial charge in [-0.25, -0.2) is 0 Å². The second-order valence-electron chi connectivity index (χ2n) is 14.0. The van der Waals surface area contributed by atoms with Gasteiger partial charge in [0.05, 0.1) is 23.1 Å². The lowest BCUT2D eigenvalue weighted by molar-refractivity contribution is 0.416. The van der Waals surface area contributed by atoms with Crippen LogP contribution in [0.15, 0.2) is 157 Å². The van der Waals surface area contributed by atoms with Crippen LogP contribution in [0.1, 0.15) is 48.3 Å². The molecular formula is C45H38N4. The standard InChI is InChI=1S/C45H38N4/c1-28-19-20-32(25-28)44-35-15-6-8-16-38(35)46-45(47-44)49-41-24-22-31(27-37(41)43-29(2)11-10-18-42(43)49)30-21-23-40-36(26-30)34-14-7-9-17-39(34)48(40)33-12-4-3-5-13-33/h3-18,20-27,34,39,44-47H,19H2,1-2H3. The zero-order chi connectivity index (χ0) is 32.6. The molecular weight excluding hydrogens is 597 g/mol. The summed E-state index contributed by atoms with van der Waals surface area (Å²) in [5, 5.41) is 10.5. The Hall–Kier alpha value is -5.58. The number of hydrogen-bond donors (Lipinski definition) is 2. The Labute approximate surface area is 287 Å². The average molecular weight is 635 g/mol. The van der Waals surface area contributed by atoms with Crippen molar-refractivity contribution in [2.24, 2.45) is 0 Å². The van der Waals surface area contributed by atoms with Gasteiger partial charge in [-0.05, 0) is 102 Å². The first kappa shape index (κ1) is 28.4. The van der Waals surface area contributed by atoms with Crippen molar-refractivity contribution >= 4 is 38.9 Å². The van der Waals surface area contributed by atoms with Gasteiger partial charge in [0.1, 0.15) is 0 Å². The van der Waals surface area contributed by atoms with E-state index in [0.717, 1.165) is 6.42 Å². The van der Waals surface area contributed by atoms with Crippen LogP contribution in [0.5, 0.6) is 0 Å². The molecule has 1 aromatic heterocycles. The Morgan fingerprint density at radius 1 is 0.714 bits per heavy atom. The van der Waals surface area contributed by atoms with Crippen LogP contribution in [0.4, 0.5) is 17.1 Å². The molecule has 4 aliphatic rings. The number of nitrogens with zero attached hydrogens (tertiary/aromatic N) is 2. The van der Waals surface area contributed by atoms with Crippen LogP contribution in [-0.2, 0) is 0 Å². The molecule has 0 saturated carbocycles. The number of para-hydroxylation sites is 2. The molecule has 10 rings (SSSR count). The second-order valence-corrected chi connectivity index (χ2v) is 14.0. The first-order chi connectivity index (χ1) is 24.1. The molecule has 4 unspecified atom stereocenters. The summed E-state index contributed by atoms with van der Waals surface area (Å²) in [4.78, 5) is 2.50. The highest BCUT2D eigenvalue weighted by Crippen LogP contribution is 2.49. The van der Waals surface area contributed by atoms with Gasteiger partial charge in [-0.2, -0.15) is 0 Å². The molecule has 238 valence electrons. The molecule has 0 bridgehead atoms. The third-order valence-corrected chi connectivity index (χ3v) is 11.0. The lowest BCUT2D eigenvalue weighted by atomic mass is 9.89. The molecule has 0 saturated heterocycles. The van der Waals surface area contributed by atoms with Crippen molar-refractivity contribution in [3.8, 4) is 11.1 Å². The Kier molecular flexibility index (Phi) is 6.37. The van der Waals surface area contributed by atoms with E-state index >= 15 is 0 Å². The van der Waals surface area contributed by atoms with E-state index in [1.54, 1.807) is 0 Å². The molecule has 0 amide bonds. The van der Waals surface area contributed by atoms with Gasteiger partial charge in [0, 0.05) is 33.8 Å². The summed E-state index contributed by atoms with van der Waals surface area (Å²) in [6.07, 6.45) is 14.7. The maximum Gasteiger partial charge on any atom is 0.160 e. The maximum absolute atomic E-state index is 4.02.